The van der Waals surface area contributed by atoms with Crippen LogP contribution in [-0.4, -0.2) is 23.5 Å². The van der Waals surface area contributed by atoms with Crippen molar-refractivity contribution in [1.82, 2.24) is 0 Å². The van der Waals surface area contributed by atoms with Crippen LogP contribution < -0.4 is 10.6 Å². The van der Waals surface area contributed by atoms with Crippen LogP contribution in [-0.2, 0) is 9.59 Å². The number of carbonyl (C=O) groups is 2. The van der Waals surface area contributed by atoms with E-state index in [0.717, 1.165) is 0 Å². The number of nitrogens with zero attached hydrogens (tertiary/aromatic N) is 1. The van der Waals surface area contributed by atoms with Crippen molar-refractivity contribution in [3.05, 3.63) is 41.7 Å². The average Bonchev–Trinajstić information content (AvgIpc) is 2.55. The summed E-state index contributed by atoms with van der Waals surface area (Å²) in [7, 11) is 0. The Labute approximate surface area is 91.8 Å². The SMILES string of the molecule is NC(=O)C1=C(O)CN(c2ccccc2)C1=O. The fourth-order valence-electron chi connectivity index (χ4n) is 1.62. The van der Waals surface area contributed by atoms with Crippen LogP contribution in [0.15, 0.2) is 41.7 Å². The molecule has 5 nitrogen and oxygen atoms in total. The molecule has 0 saturated heterocycles. The molecule has 0 spiro atoms. The molecule has 1 aromatic rings. The van der Waals surface area contributed by atoms with E-state index in [9.17, 15) is 14.7 Å². The Kier molecular flexibility index (Phi) is 2.36. The van der Waals surface area contributed by atoms with Gasteiger partial charge in [-0.25, -0.2) is 0 Å². The number of amides is 2. The van der Waals surface area contributed by atoms with Gasteiger partial charge in [-0.3, -0.25) is 9.59 Å². The standard InChI is InChI=1S/C11H10N2O3/c12-10(15)9-8(14)6-13(11(9)16)7-4-2-1-3-5-7/h1-5,14H,6H2,(H2,12,15). The second-order valence-corrected chi connectivity index (χ2v) is 3.41. The average molecular weight is 218 g/mol. The van der Waals surface area contributed by atoms with Crippen LogP contribution in [0.5, 0.6) is 0 Å². The van der Waals surface area contributed by atoms with Gasteiger partial charge in [0.25, 0.3) is 11.8 Å². The van der Waals surface area contributed by atoms with E-state index < -0.39 is 11.8 Å². The smallest absolute Gasteiger partial charge is 0.267 e. The predicted octanol–water partition coefficient (Wildman–Crippen LogP) is 0.331. The van der Waals surface area contributed by atoms with Crippen LogP contribution in [0.4, 0.5) is 5.69 Å². The maximum absolute atomic E-state index is 11.8. The largest absolute Gasteiger partial charge is 0.509 e. The Morgan fingerprint density at radius 3 is 2.44 bits per heavy atom. The molecule has 3 N–H and O–H groups in total. The number of benzene rings is 1. The Bertz CT molecular complexity index is 479. The highest BCUT2D eigenvalue weighted by molar-refractivity contribution is 6.25. The highest BCUT2D eigenvalue weighted by Crippen LogP contribution is 2.23. The number of rotatable bonds is 2. The molecule has 0 bridgehead atoms. The monoisotopic (exact) mass is 218 g/mol. The lowest BCUT2D eigenvalue weighted by atomic mass is 10.2. The van der Waals surface area contributed by atoms with Crippen LogP contribution >= 0.6 is 0 Å². The van der Waals surface area contributed by atoms with Gasteiger partial charge in [0.15, 0.2) is 0 Å². The summed E-state index contributed by atoms with van der Waals surface area (Å²) >= 11 is 0. The van der Waals surface area contributed by atoms with Gasteiger partial charge in [0.1, 0.15) is 11.3 Å². The summed E-state index contributed by atoms with van der Waals surface area (Å²) < 4.78 is 0. The second kappa shape index (κ2) is 3.69. The molecule has 0 radical (unpaired) electrons. The number of anilines is 1. The zero-order valence-electron chi connectivity index (χ0n) is 8.38. The van der Waals surface area contributed by atoms with Gasteiger partial charge in [0, 0.05) is 5.69 Å². The van der Waals surface area contributed by atoms with E-state index in [-0.39, 0.29) is 17.9 Å². The lowest BCUT2D eigenvalue weighted by molar-refractivity contribution is -0.120. The fourth-order valence-corrected chi connectivity index (χ4v) is 1.62. The summed E-state index contributed by atoms with van der Waals surface area (Å²) in [5.41, 5.74) is 5.31. The molecular weight excluding hydrogens is 208 g/mol. The molecule has 1 aliphatic rings. The predicted molar refractivity (Wildman–Crippen MR) is 57.6 cm³/mol. The van der Waals surface area contributed by atoms with Gasteiger partial charge < -0.3 is 15.7 Å². The molecule has 0 saturated carbocycles. The van der Waals surface area contributed by atoms with E-state index in [1.807, 2.05) is 6.07 Å². The molecular formula is C11H10N2O3. The van der Waals surface area contributed by atoms with Crippen molar-refractivity contribution >= 4 is 17.5 Å². The number of hydrogen-bond donors (Lipinski definition) is 2. The van der Waals surface area contributed by atoms with Crippen LogP contribution in [0.25, 0.3) is 0 Å². The summed E-state index contributed by atoms with van der Waals surface area (Å²) in [4.78, 5) is 24.0. The summed E-state index contributed by atoms with van der Waals surface area (Å²) in [6.07, 6.45) is 0. The van der Waals surface area contributed by atoms with Crippen LogP contribution in [0, 0.1) is 0 Å². The Morgan fingerprint density at radius 1 is 1.31 bits per heavy atom. The Morgan fingerprint density at radius 2 is 1.94 bits per heavy atom. The van der Waals surface area contributed by atoms with Crippen LogP contribution in [0.2, 0.25) is 0 Å². The zero-order chi connectivity index (χ0) is 11.7. The maximum Gasteiger partial charge on any atom is 0.267 e. The molecule has 0 aliphatic carbocycles. The lowest BCUT2D eigenvalue weighted by Crippen LogP contribution is -2.30. The quantitative estimate of drug-likeness (QED) is 0.701. The molecule has 16 heavy (non-hydrogen) atoms. The van der Waals surface area contributed by atoms with Gasteiger partial charge in [-0.05, 0) is 12.1 Å². The number of primary amides is 1. The van der Waals surface area contributed by atoms with Gasteiger partial charge >= 0.3 is 0 Å². The van der Waals surface area contributed by atoms with Crippen molar-refractivity contribution in [2.75, 3.05) is 11.4 Å². The molecule has 82 valence electrons. The van der Waals surface area contributed by atoms with E-state index in [2.05, 4.69) is 0 Å². The third kappa shape index (κ3) is 1.52. The Hall–Kier alpha value is -2.30. The van der Waals surface area contributed by atoms with E-state index in [1.54, 1.807) is 24.3 Å². The molecule has 0 atom stereocenters. The topological polar surface area (TPSA) is 83.6 Å². The minimum atomic E-state index is -0.902. The number of carbonyl (C=O) groups excluding carboxylic acids is 2. The highest BCUT2D eigenvalue weighted by Gasteiger charge is 2.34. The first-order chi connectivity index (χ1) is 7.61. The maximum atomic E-state index is 11.8. The molecule has 5 heteroatoms. The van der Waals surface area contributed by atoms with Crippen molar-refractivity contribution < 1.29 is 14.7 Å². The molecule has 2 rings (SSSR count). The van der Waals surface area contributed by atoms with Crippen molar-refractivity contribution in [2.45, 2.75) is 0 Å². The number of nitrogens with two attached hydrogens (primary N) is 1. The van der Waals surface area contributed by atoms with Crippen molar-refractivity contribution in [2.24, 2.45) is 5.73 Å². The minimum Gasteiger partial charge on any atom is -0.509 e. The normalized spacial score (nSPS) is 15.8. The number of aliphatic hydroxyl groups is 1. The molecule has 2 amide bonds. The van der Waals surface area contributed by atoms with E-state index in [4.69, 9.17) is 5.73 Å². The van der Waals surface area contributed by atoms with Crippen LogP contribution in [0.1, 0.15) is 0 Å². The summed E-state index contributed by atoms with van der Waals surface area (Å²) in [6.45, 7) is -0.0128. The zero-order valence-corrected chi connectivity index (χ0v) is 8.38. The number of para-hydroxylation sites is 1. The third-order valence-corrected chi connectivity index (χ3v) is 2.37. The van der Waals surface area contributed by atoms with E-state index >= 15 is 0 Å². The van der Waals surface area contributed by atoms with Gasteiger partial charge in [-0.15, -0.1) is 0 Å². The summed E-state index contributed by atoms with van der Waals surface area (Å²) in [5.74, 6) is -1.74. The van der Waals surface area contributed by atoms with Gasteiger partial charge in [0.05, 0.1) is 6.54 Å². The number of hydrogen-bond acceptors (Lipinski definition) is 3. The third-order valence-electron chi connectivity index (χ3n) is 2.37. The van der Waals surface area contributed by atoms with E-state index in [1.165, 1.54) is 4.90 Å². The summed E-state index contributed by atoms with van der Waals surface area (Å²) in [6, 6.07) is 8.78. The molecule has 0 unspecified atom stereocenters. The molecule has 0 aromatic heterocycles. The Balaban J connectivity index is 2.33. The molecule has 1 aliphatic heterocycles. The number of aliphatic hydroxyl groups excluding tert-OH is 1. The molecule has 1 heterocycles. The minimum absolute atomic E-state index is 0.0128. The van der Waals surface area contributed by atoms with Crippen molar-refractivity contribution in [1.29, 1.82) is 0 Å². The first kappa shape index (κ1) is 10.2. The van der Waals surface area contributed by atoms with Crippen LogP contribution in [0.3, 0.4) is 0 Å². The molecule has 1 aromatic carbocycles. The lowest BCUT2D eigenvalue weighted by Gasteiger charge is -2.15. The van der Waals surface area contributed by atoms with Crippen molar-refractivity contribution in [3.8, 4) is 0 Å². The van der Waals surface area contributed by atoms with Crippen molar-refractivity contribution in [3.63, 3.8) is 0 Å². The fraction of sp³-hybridized carbons (Fsp3) is 0.0909. The van der Waals surface area contributed by atoms with Gasteiger partial charge in [0.2, 0.25) is 0 Å². The highest BCUT2D eigenvalue weighted by atomic mass is 16.3. The van der Waals surface area contributed by atoms with Gasteiger partial charge in [-0.1, -0.05) is 18.2 Å². The molecule has 0 fully saturated rings. The first-order valence-electron chi connectivity index (χ1n) is 4.70. The first-order valence-corrected chi connectivity index (χ1v) is 4.70. The van der Waals surface area contributed by atoms with E-state index in [0.29, 0.717) is 5.69 Å². The van der Waals surface area contributed by atoms with Gasteiger partial charge in [-0.2, -0.15) is 0 Å². The second-order valence-electron chi connectivity index (χ2n) is 3.41. The summed E-state index contributed by atoms with van der Waals surface area (Å²) in [5, 5.41) is 9.48.